The summed E-state index contributed by atoms with van der Waals surface area (Å²) in [5, 5.41) is 5.27. The molecule has 0 aromatic rings. The number of likely N-dealkylation sites (tertiary alicyclic amines) is 1. The van der Waals surface area contributed by atoms with Gasteiger partial charge in [-0.3, -0.25) is 14.5 Å². The van der Waals surface area contributed by atoms with Crippen LogP contribution in [0.5, 0.6) is 0 Å². The molecule has 1 fully saturated rings. The smallest absolute Gasteiger partial charge is 0.309 e. The van der Waals surface area contributed by atoms with Crippen LogP contribution in [0, 0.1) is 0 Å². The minimum Gasteiger partial charge on any atom is -0.348 e. The Hall–Kier alpha value is -1.10. The first-order valence-electron chi connectivity index (χ1n) is 6.49. The molecule has 17 heavy (non-hydrogen) atoms. The van der Waals surface area contributed by atoms with Crippen LogP contribution in [0.1, 0.15) is 33.1 Å². The standard InChI is InChI=1S/C12H23N3O2/c1-3-7-13-11(16)12(17)14-9-10-6-5-8-15(10)4-2/h10H,3-9H2,1-2H3,(H,13,16)(H,14,17)/t10-/m1/s1. The average Bonchev–Trinajstić information content (AvgIpc) is 2.80. The third-order valence-electron chi connectivity index (χ3n) is 3.15. The number of nitrogens with one attached hydrogen (secondary N) is 2. The van der Waals surface area contributed by atoms with Crippen LogP contribution in [-0.4, -0.2) is 48.9 Å². The van der Waals surface area contributed by atoms with E-state index in [9.17, 15) is 9.59 Å². The van der Waals surface area contributed by atoms with Gasteiger partial charge >= 0.3 is 11.8 Å². The van der Waals surface area contributed by atoms with E-state index in [1.54, 1.807) is 0 Å². The molecule has 0 spiro atoms. The van der Waals surface area contributed by atoms with Crippen LogP contribution in [0.4, 0.5) is 0 Å². The second-order valence-electron chi connectivity index (χ2n) is 4.39. The van der Waals surface area contributed by atoms with Gasteiger partial charge in [-0.05, 0) is 32.4 Å². The zero-order valence-electron chi connectivity index (χ0n) is 10.8. The largest absolute Gasteiger partial charge is 0.348 e. The van der Waals surface area contributed by atoms with Crippen molar-refractivity contribution in [2.45, 2.75) is 39.2 Å². The lowest BCUT2D eigenvalue weighted by Gasteiger charge is -2.22. The van der Waals surface area contributed by atoms with Crippen LogP contribution in [0.2, 0.25) is 0 Å². The molecule has 2 amide bonds. The molecule has 0 saturated carbocycles. The molecule has 0 bridgehead atoms. The summed E-state index contributed by atoms with van der Waals surface area (Å²) in [4.78, 5) is 25.1. The van der Waals surface area contributed by atoms with E-state index >= 15 is 0 Å². The molecule has 0 radical (unpaired) electrons. The van der Waals surface area contributed by atoms with Crippen molar-refractivity contribution in [3.63, 3.8) is 0 Å². The van der Waals surface area contributed by atoms with Crippen molar-refractivity contribution >= 4 is 11.8 Å². The van der Waals surface area contributed by atoms with Crippen molar-refractivity contribution in [3.05, 3.63) is 0 Å². The third kappa shape index (κ3) is 4.34. The highest BCUT2D eigenvalue weighted by atomic mass is 16.2. The van der Waals surface area contributed by atoms with Crippen molar-refractivity contribution in [2.75, 3.05) is 26.2 Å². The van der Waals surface area contributed by atoms with E-state index in [2.05, 4.69) is 22.5 Å². The van der Waals surface area contributed by atoms with Gasteiger partial charge in [0.05, 0.1) is 0 Å². The Morgan fingerprint density at radius 2 is 1.94 bits per heavy atom. The van der Waals surface area contributed by atoms with Gasteiger partial charge in [-0.1, -0.05) is 13.8 Å². The Balaban J connectivity index is 2.25. The van der Waals surface area contributed by atoms with Crippen LogP contribution in [0.15, 0.2) is 0 Å². The van der Waals surface area contributed by atoms with Crippen molar-refractivity contribution in [1.29, 1.82) is 0 Å². The molecule has 0 unspecified atom stereocenters. The van der Waals surface area contributed by atoms with Gasteiger partial charge in [0.1, 0.15) is 0 Å². The molecular formula is C12H23N3O2. The van der Waals surface area contributed by atoms with E-state index < -0.39 is 11.8 Å². The number of rotatable bonds is 5. The highest BCUT2D eigenvalue weighted by Gasteiger charge is 2.24. The number of hydrogen-bond donors (Lipinski definition) is 2. The van der Waals surface area contributed by atoms with Crippen LogP contribution < -0.4 is 10.6 Å². The van der Waals surface area contributed by atoms with Gasteiger partial charge in [0, 0.05) is 19.1 Å². The predicted molar refractivity (Wildman–Crippen MR) is 66.6 cm³/mol. The summed E-state index contributed by atoms with van der Waals surface area (Å²) in [7, 11) is 0. The maximum atomic E-state index is 11.5. The highest BCUT2D eigenvalue weighted by molar-refractivity contribution is 6.35. The lowest BCUT2D eigenvalue weighted by Crippen LogP contribution is -2.45. The first-order valence-corrected chi connectivity index (χ1v) is 6.49. The summed E-state index contributed by atoms with van der Waals surface area (Å²) in [5.41, 5.74) is 0. The Morgan fingerprint density at radius 1 is 1.24 bits per heavy atom. The molecule has 1 heterocycles. The van der Waals surface area contributed by atoms with Gasteiger partial charge in [-0.2, -0.15) is 0 Å². The van der Waals surface area contributed by atoms with E-state index in [0.29, 0.717) is 19.1 Å². The lowest BCUT2D eigenvalue weighted by molar-refractivity contribution is -0.139. The minimum absolute atomic E-state index is 0.392. The van der Waals surface area contributed by atoms with Gasteiger partial charge in [-0.15, -0.1) is 0 Å². The maximum Gasteiger partial charge on any atom is 0.309 e. The molecule has 2 N–H and O–H groups in total. The Kier molecular flexibility index (Phi) is 5.97. The summed E-state index contributed by atoms with van der Waals surface area (Å²) in [6.07, 6.45) is 3.12. The monoisotopic (exact) mass is 241 g/mol. The number of nitrogens with zero attached hydrogens (tertiary/aromatic N) is 1. The fourth-order valence-electron chi connectivity index (χ4n) is 2.15. The first kappa shape index (κ1) is 14.0. The fraction of sp³-hybridized carbons (Fsp3) is 0.833. The van der Waals surface area contributed by atoms with E-state index in [1.165, 1.54) is 6.42 Å². The third-order valence-corrected chi connectivity index (χ3v) is 3.15. The second kappa shape index (κ2) is 7.27. The summed E-state index contributed by atoms with van der Waals surface area (Å²) in [6.45, 7) is 7.30. The molecule has 1 aliphatic heterocycles. The maximum absolute atomic E-state index is 11.5. The summed E-state index contributed by atoms with van der Waals surface area (Å²) >= 11 is 0. The molecule has 1 atom stereocenters. The van der Waals surface area contributed by atoms with Crippen LogP contribution >= 0.6 is 0 Å². The lowest BCUT2D eigenvalue weighted by atomic mass is 10.2. The SMILES string of the molecule is CCCNC(=O)C(=O)NC[C@H]1CCCN1CC. The first-order chi connectivity index (χ1) is 8.19. The normalized spacial score (nSPS) is 20.2. The fourth-order valence-corrected chi connectivity index (χ4v) is 2.15. The quantitative estimate of drug-likeness (QED) is 0.672. The number of carbonyl (C=O) groups is 2. The van der Waals surface area contributed by atoms with Gasteiger partial charge < -0.3 is 10.6 Å². The number of amides is 2. The molecule has 5 heteroatoms. The molecule has 98 valence electrons. The molecule has 1 rings (SSSR count). The van der Waals surface area contributed by atoms with Crippen molar-refractivity contribution in [3.8, 4) is 0 Å². The van der Waals surface area contributed by atoms with Gasteiger partial charge in [0.2, 0.25) is 0 Å². The predicted octanol–water partition coefficient (Wildman–Crippen LogP) is 0.113. The average molecular weight is 241 g/mol. The Bertz CT molecular complexity index is 268. The number of hydrogen-bond acceptors (Lipinski definition) is 3. The van der Waals surface area contributed by atoms with E-state index in [4.69, 9.17) is 0 Å². The zero-order chi connectivity index (χ0) is 12.7. The molecule has 5 nitrogen and oxygen atoms in total. The Morgan fingerprint density at radius 3 is 2.59 bits per heavy atom. The zero-order valence-corrected chi connectivity index (χ0v) is 10.8. The Labute approximate surface area is 103 Å². The topological polar surface area (TPSA) is 61.4 Å². The van der Waals surface area contributed by atoms with Crippen LogP contribution in [0.3, 0.4) is 0 Å². The highest BCUT2D eigenvalue weighted by Crippen LogP contribution is 2.15. The number of carbonyl (C=O) groups excluding carboxylic acids is 2. The molecule has 0 aromatic carbocycles. The van der Waals surface area contributed by atoms with Crippen LogP contribution in [-0.2, 0) is 9.59 Å². The number of likely N-dealkylation sites (N-methyl/N-ethyl adjacent to an activating group) is 1. The minimum atomic E-state index is -0.520. The summed E-state index contributed by atoms with van der Waals surface area (Å²) in [6, 6.07) is 0.392. The van der Waals surface area contributed by atoms with Gasteiger partial charge in [0.15, 0.2) is 0 Å². The van der Waals surface area contributed by atoms with Crippen molar-refractivity contribution in [1.82, 2.24) is 15.5 Å². The van der Waals surface area contributed by atoms with E-state index in [-0.39, 0.29) is 0 Å². The molecule has 1 saturated heterocycles. The van der Waals surface area contributed by atoms with Gasteiger partial charge in [0.25, 0.3) is 0 Å². The van der Waals surface area contributed by atoms with Crippen molar-refractivity contribution < 1.29 is 9.59 Å². The van der Waals surface area contributed by atoms with Crippen molar-refractivity contribution in [2.24, 2.45) is 0 Å². The molecule has 1 aliphatic rings. The molecule has 0 aliphatic carbocycles. The van der Waals surface area contributed by atoms with E-state index in [0.717, 1.165) is 25.9 Å². The summed E-state index contributed by atoms with van der Waals surface area (Å²) in [5.74, 6) is -1.03. The van der Waals surface area contributed by atoms with Gasteiger partial charge in [-0.25, -0.2) is 0 Å². The molecular weight excluding hydrogens is 218 g/mol. The second-order valence-corrected chi connectivity index (χ2v) is 4.39. The summed E-state index contributed by atoms with van der Waals surface area (Å²) < 4.78 is 0. The van der Waals surface area contributed by atoms with E-state index in [1.807, 2.05) is 6.92 Å². The van der Waals surface area contributed by atoms with Crippen LogP contribution in [0.25, 0.3) is 0 Å². The molecule has 0 aromatic heterocycles.